The number of nitrogens with two attached hydrogens (primary N) is 1. The van der Waals surface area contributed by atoms with E-state index in [1.54, 1.807) is 0 Å². The molecule has 1 rings (SSSR count). The van der Waals surface area contributed by atoms with Gasteiger partial charge in [0.05, 0.1) is 6.04 Å². The van der Waals surface area contributed by atoms with Crippen LogP contribution in [-0.2, 0) is 0 Å². The third-order valence-electron chi connectivity index (χ3n) is 1.88. The number of aryl methyl sites for hydroxylation is 1. The third-order valence-corrected chi connectivity index (χ3v) is 1.88. The van der Waals surface area contributed by atoms with Gasteiger partial charge in [-0.05, 0) is 32.4 Å². The molecule has 0 aliphatic heterocycles. The van der Waals surface area contributed by atoms with Gasteiger partial charge < -0.3 is 10.2 Å². The van der Waals surface area contributed by atoms with Crippen LogP contribution in [-0.4, -0.2) is 0 Å². The lowest BCUT2D eigenvalue weighted by Gasteiger charge is -2.04. The average molecular weight is 177 g/mol. The minimum atomic E-state index is -0.0189. The molecule has 2 N–H and O–H groups in total. The minimum absolute atomic E-state index is 0.0189. The summed E-state index contributed by atoms with van der Waals surface area (Å²) in [6, 6.07) is 3.84. The highest BCUT2D eigenvalue weighted by Crippen LogP contribution is 2.17. The highest BCUT2D eigenvalue weighted by molar-refractivity contribution is 5.09. The molecule has 2 heteroatoms. The van der Waals surface area contributed by atoms with E-state index in [9.17, 15) is 0 Å². The molecule has 0 aliphatic rings. The molecule has 0 amide bonds. The Bertz CT molecular complexity index is 316. The van der Waals surface area contributed by atoms with E-state index in [1.807, 2.05) is 26.0 Å². The molecule has 1 heterocycles. The molecule has 0 aromatic carbocycles. The highest BCUT2D eigenvalue weighted by atomic mass is 16.3. The van der Waals surface area contributed by atoms with Gasteiger partial charge in [0, 0.05) is 6.42 Å². The predicted molar refractivity (Wildman–Crippen MR) is 53.1 cm³/mol. The van der Waals surface area contributed by atoms with Crippen molar-refractivity contribution in [2.45, 2.75) is 32.7 Å². The molecule has 0 radical (unpaired) electrons. The summed E-state index contributed by atoms with van der Waals surface area (Å²) in [4.78, 5) is 0. The zero-order valence-corrected chi connectivity index (χ0v) is 8.13. The standard InChI is InChI=1S/C11H15NO/c1-3-4-5-6-10(12)11-8-7-9(2)13-11/h7-8,10H,5-6,12H2,1-2H3. The summed E-state index contributed by atoms with van der Waals surface area (Å²) >= 11 is 0. The van der Waals surface area contributed by atoms with Crippen molar-refractivity contribution < 1.29 is 4.42 Å². The summed E-state index contributed by atoms with van der Waals surface area (Å²) in [6.45, 7) is 3.75. The molecule has 0 spiro atoms. The number of rotatable bonds is 3. The first-order valence-electron chi connectivity index (χ1n) is 4.45. The summed E-state index contributed by atoms with van der Waals surface area (Å²) in [5.74, 6) is 7.59. The average Bonchev–Trinajstić information content (AvgIpc) is 2.52. The molecule has 0 fully saturated rings. The van der Waals surface area contributed by atoms with Crippen molar-refractivity contribution in [3.63, 3.8) is 0 Å². The molecule has 70 valence electrons. The summed E-state index contributed by atoms with van der Waals surface area (Å²) < 4.78 is 5.40. The first-order chi connectivity index (χ1) is 6.24. The lowest BCUT2D eigenvalue weighted by atomic mass is 10.1. The Balaban J connectivity index is 2.47. The van der Waals surface area contributed by atoms with Crippen LogP contribution in [0, 0.1) is 18.8 Å². The zero-order valence-electron chi connectivity index (χ0n) is 8.13. The van der Waals surface area contributed by atoms with Crippen LogP contribution in [0.5, 0.6) is 0 Å². The maximum Gasteiger partial charge on any atom is 0.120 e. The van der Waals surface area contributed by atoms with Gasteiger partial charge in [0.1, 0.15) is 11.5 Å². The van der Waals surface area contributed by atoms with E-state index in [-0.39, 0.29) is 6.04 Å². The van der Waals surface area contributed by atoms with E-state index in [0.717, 1.165) is 24.4 Å². The monoisotopic (exact) mass is 177 g/mol. The van der Waals surface area contributed by atoms with Crippen molar-refractivity contribution in [3.8, 4) is 11.8 Å². The van der Waals surface area contributed by atoms with Gasteiger partial charge in [-0.25, -0.2) is 0 Å². The molecule has 0 saturated heterocycles. The lowest BCUT2D eigenvalue weighted by molar-refractivity contribution is 0.437. The fourth-order valence-corrected chi connectivity index (χ4v) is 1.15. The highest BCUT2D eigenvalue weighted by Gasteiger charge is 2.08. The molecule has 2 nitrogen and oxygen atoms in total. The molecule has 0 bridgehead atoms. The zero-order chi connectivity index (χ0) is 9.68. The van der Waals surface area contributed by atoms with Crippen molar-refractivity contribution in [2.24, 2.45) is 5.73 Å². The summed E-state index contributed by atoms with van der Waals surface area (Å²) in [5, 5.41) is 0. The van der Waals surface area contributed by atoms with Crippen LogP contribution in [0.15, 0.2) is 16.5 Å². The molecular formula is C11H15NO. The van der Waals surface area contributed by atoms with Crippen LogP contribution in [0.1, 0.15) is 37.3 Å². The Kier molecular flexibility index (Phi) is 3.60. The van der Waals surface area contributed by atoms with E-state index in [1.165, 1.54) is 0 Å². The van der Waals surface area contributed by atoms with Gasteiger partial charge in [-0.1, -0.05) is 0 Å². The first-order valence-corrected chi connectivity index (χ1v) is 4.45. The smallest absolute Gasteiger partial charge is 0.120 e. The fraction of sp³-hybridized carbons (Fsp3) is 0.455. The van der Waals surface area contributed by atoms with Crippen LogP contribution >= 0.6 is 0 Å². The van der Waals surface area contributed by atoms with Gasteiger partial charge in [-0.3, -0.25) is 0 Å². The molecule has 0 saturated carbocycles. The molecule has 13 heavy (non-hydrogen) atoms. The lowest BCUT2D eigenvalue weighted by Crippen LogP contribution is -2.08. The van der Waals surface area contributed by atoms with Crippen LogP contribution in [0.3, 0.4) is 0 Å². The maximum atomic E-state index is 5.89. The topological polar surface area (TPSA) is 39.2 Å². The maximum absolute atomic E-state index is 5.89. The van der Waals surface area contributed by atoms with Crippen LogP contribution < -0.4 is 5.73 Å². The number of furan rings is 1. The predicted octanol–water partition coefficient (Wildman–Crippen LogP) is 2.39. The van der Waals surface area contributed by atoms with Gasteiger partial charge in [-0.15, -0.1) is 11.8 Å². The Hall–Kier alpha value is -1.20. The number of hydrogen-bond acceptors (Lipinski definition) is 2. The third kappa shape index (κ3) is 2.96. The second-order valence-corrected chi connectivity index (χ2v) is 3.02. The molecule has 1 atom stereocenters. The number of hydrogen-bond donors (Lipinski definition) is 1. The van der Waals surface area contributed by atoms with Crippen molar-refractivity contribution >= 4 is 0 Å². The van der Waals surface area contributed by atoms with E-state index in [4.69, 9.17) is 10.2 Å². The second-order valence-electron chi connectivity index (χ2n) is 3.02. The van der Waals surface area contributed by atoms with Crippen molar-refractivity contribution in [2.75, 3.05) is 0 Å². The molecule has 1 aromatic heterocycles. The van der Waals surface area contributed by atoms with E-state index < -0.39 is 0 Å². The van der Waals surface area contributed by atoms with Gasteiger partial charge >= 0.3 is 0 Å². The van der Waals surface area contributed by atoms with Gasteiger partial charge in [-0.2, -0.15) is 0 Å². The van der Waals surface area contributed by atoms with Crippen LogP contribution in [0.2, 0.25) is 0 Å². The Morgan fingerprint density at radius 1 is 1.54 bits per heavy atom. The Morgan fingerprint density at radius 2 is 2.31 bits per heavy atom. The molecule has 0 aliphatic carbocycles. The van der Waals surface area contributed by atoms with E-state index in [2.05, 4.69) is 11.8 Å². The minimum Gasteiger partial charge on any atom is -0.465 e. The molecule has 1 aromatic rings. The summed E-state index contributed by atoms with van der Waals surface area (Å²) in [6.07, 6.45) is 1.69. The second kappa shape index (κ2) is 4.74. The van der Waals surface area contributed by atoms with Crippen molar-refractivity contribution in [1.29, 1.82) is 0 Å². The van der Waals surface area contributed by atoms with E-state index in [0.29, 0.717) is 0 Å². The van der Waals surface area contributed by atoms with Crippen molar-refractivity contribution in [3.05, 3.63) is 23.7 Å². The normalized spacial score (nSPS) is 11.9. The van der Waals surface area contributed by atoms with Crippen LogP contribution in [0.4, 0.5) is 0 Å². The summed E-state index contributed by atoms with van der Waals surface area (Å²) in [7, 11) is 0. The fourth-order valence-electron chi connectivity index (χ4n) is 1.15. The van der Waals surface area contributed by atoms with Crippen molar-refractivity contribution in [1.82, 2.24) is 0 Å². The van der Waals surface area contributed by atoms with Crippen LogP contribution in [0.25, 0.3) is 0 Å². The molecule has 1 unspecified atom stereocenters. The Morgan fingerprint density at radius 3 is 2.85 bits per heavy atom. The summed E-state index contributed by atoms with van der Waals surface area (Å²) in [5.41, 5.74) is 5.89. The Labute approximate surface area is 79.1 Å². The van der Waals surface area contributed by atoms with Gasteiger partial charge in [0.2, 0.25) is 0 Å². The van der Waals surface area contributed by atoms with Gasteiger partial charge in [0.25, 0.3) is 0 Å². The largest absolute Gasteiger partial charge is 0.465 e. The first kappa shape index (κ1) is 9.88. The van der Waals surface area contributed by atoms with Gasteiger partial charge in [0.15, 0.2) is 0 Å². The quantitative estimate of drug-likeness (QED) is 0.720. The van der Waals surface area contributed by atoms with E-state index >= 15 is 0 Å². The molecular weight excluding hydrogens is 162 g/mol. The SMILES string of the molecule is CC#CCCC(N)c1ccc(C)o1.